The van der Waals surface area contributed by atoms with Gasteiger partial charge in [0.15, 0.2) is 0 Å². The SMILES string of the molecule is CC(C)CCC[C@@H](C)[C@H]1CC[C@H]2C3=C(CC[C@]12C)[C@@]1(C)CCC(O)C(O)C1CC3. The van der Waals surface area contributed by atoms with Crippen molar-refractivity contribution >= 4 is 0 Å². The van der Waals surface area contributed by atoms with Gasteiger partial charge in [-0.1, -0.05) is 65.0 Å². The first-order valence-electron chi connectivity index (χ1n) is 12.8. The number of fused-ring (bicyclic) bond motifs is 4. The van der Waals surface area contributed by atoms with Crippen LogP contribution in [0.3, 0.4) is 0 Å². The number of rotatable bonds is 5. The van der Waals surface area contributed by atoms with Crippen molar-refractivity contribution < 1.29 is 10.2 Å². The molecule has 0 saturated heterocycles. The lowest BCUT2D eigenvalue weighted by atomic mass is 9.50. The van der Waals surface area contributed by atoms with Crippen molar-refractivity contribution in [3.8, 4) is 0 Å². The zero-order valence-electron chi connectivity index (χ0n) is 19.7. The average molecular weight is 403 g/mol. The lowest BCUT2D eigenvalue weighted by Gasteiger charge is -2.56. The minimum Gasteiger partial charge on any atom is -0.390 e. The summed E-state index contributed by atoms with van der Waals surface area (Å²) in [5, 5.41) is 21.0. The maximum atomic E-state index is 10.7. The molecule has 0 aromatic rings. The van der Waals surface area contributed by atoms with Crippen molar-refractivity contribution in [2.45, 2.75) is 117 Å². The molecular formula is C27H46O2. The van der Waals surface area contributed by atoms with Crippen molar-refractivity contribution in [2.24, 2.45) is 40.4 Å². The topological polar surface area (TPSA) is 40.5 Å². The normalized spacial score (nSPS) is 45.7. The molecule has 2 N–H and O–H groups in total. The zero-order valence-corrected chi connectivity index (χ0v) is 19.7. The van der Waals surface area contributed by atoms with Crippen molar-refractivity contribution in [2.75, 3.05) is 0 Å². The average Bonchev–Trinajstić information content (AvgIpc) is 3.02. The van der Waals surface area contributed by atoms with E-state index >= 15 is 0 Å². The molecule has 0 aliphatic heterocycles. The van der Waals surface area contributed by atoms with E-state index in [4.69, 9.17) is 0 Å². The summed E-state index contributed by atoms with van der Waals surface area (Å²) >= 11 is 0. The van der Waals surface area contributed by atoms with E-state index in [2.05, 4.69) is 34.6 Å². The molecule has 2 saturated carbocycles. The largest absolute Gasteiger partial charge is 0.390 e. The van der Waals surface area contributed by atoms with Gasteiger partial charge in [0, 0.05) is 0 Å². The lowest BCUT2D eigenvalue weighted by Crippen LogP contribution is -2.52. The summed E-state index contributed by atoms with van der Waals surface area (Å²) < 4.78 is 0. The third kappa shape index (κ3) is 3.55. The van der Waals surface area contributed by atoms with Gasteiger partial charge in [0.1, 0.15) is 0 Å². The molecule has 4 aliphatic rings. The monoisotopic (exact) mass is 402 g/mol. The molecule has 0 heterocycles. The fourth-order valence-corrected chi connectivity index (χ4v) is 8.55. The summed E-state index contributed by atoms with van der Waals surface area (Å²) in [6.45, 7) is 12.3. The van der Waals surface area contributed by atoms with Crippen molar-refractivity contribution in [1.29, 1.82) is 0 Å². The maximum absolute atomic E-state index is 10.7. The van der Waals surface area contributed by atoms with Gasteiger partial charge in [0.05, 0.1) is 12.2 Å². The molecule has 0 bridgehead atoms. The third-order valence-corrected chi connectivity index (χ3v) is 10.3. The molecule has 166 valence electrons. The van der Waals surface area contributed by atoms with Crippen LogP contribution in [0.4, 0.5) is 0 Å². The van der Waals surface area contributed by atoms with Crippen LogP contribution < -0.4 is 0 Å². The van der Waals surface area contributed by atoms with Gasteiger partial charge in [-0.25, -0.2) is 0 Å². The minimum atomic E-state index is -0.520. The Hall–Kier alpha value is -0.340. The lowest BCUT2D eigenvalue weighted by molar-refractivity contribution is -0.0966. The number of hydrogen-bond acceptors (Lipinski definition) is 2. The number of hydrogen-bond donors (Lipinski definition) is 2. The Balaban J connectivity index is 1.54. The maximum Gasteiger partial charge on any atom is 0.0835 e. The van der Waals surface area contributed by atoms with Crippen LogP contribution in [-0.4, -0.2) is 22.4 Å². The summed E-state index contributed by atoms with van der Waals surface area (Å²) in [6, 6.07) is 0. The Labute approximate surface area is 179 Å². The first-order chi connectivity index (χ1) is 13.7. The molecule has 4 rings (SSSR count). The van der Waals surface area contributed by atoms with Crippen LogP contribution in [0.1, 0.15) is 105 Å². The predicted octanol–water partition coefficient (Wildman–Crippen LogP) is 6.50. The van der Waals surface area contributed by atoms with Crippen molar-refractivity contribution in [3.63, 3.8) is 0 Å². The van der Waals surface area contributed by atoms with Crippen LogP contribution >= 0.6 is 0 Å². The molecule has 2 heteroatoms. The van der Waals surface area contributed by atoms with Gasteiger partial charge < -0.3 is 10.2 Å². The van der Waals surface area contributed by atoms with Gasteiger partial charge in [-0.3, -0.25) is 0 Å². The molecule has 4 aliphatic carbocycles. The smallest absolute Gasteiger partial charge is 0.0835 e. The van der Waals surface area contributed by atoms with Gasteiger partial charge in [-0.15, -0.1) is 0 Å². The van der Waals surface area contributed by atoms with Gasteiger partial charge >= 0.3 is 0 Å². The third-order valence-electron chi connectivity index (χ3n) is 10.3. The van der Waals surface area contributed by atoms with Crippen molar-refractivity contribution in [1.82, 2.24) is 0 Å². The summed E-state index contributed by atoms with van der Waals surface area (Å²) in [7, 11) is 0. The fourth-order valence-electron chi connectivity index (χ4n) is 8.55. The Morgan fingerprint density at radius 2 is 1.69 bits per heavy atom. The summed E-state index contributed by atoms with van der Waals surface area (Å²) in [4.78, 5) is 0. The fraction of sp³-hybridized carbons (Fsp3) is 0.926. The van der Waals surface area contributed by atoms with E-state index in [0.29, 0.717) is 5.41 Å². The molecule has 2 fully saturated rings. The standard InChI is InChI=1S/C27H46O2/c1-17(2)7-6-8-18(3)20-11-12-21-19-9-10-23-25(29)24(28)14-16-27(23,5)22(19)13-15-26(20,21)4/h17-18,20-21,23-25,28-29H,6-16H2,1-5H3/t18-,20-,21+,23?,24?,25?,26-,27-/m1/s1. The molecular weight excluding hydrogens is 356 g/mol. The molecule has 0 radical (unpaired) electrons. The van der Waals surface area contributed by atoms with Crippen LogP contribution in [0.25, 0.3) is 0 Å². The van der Waals surface area contributed by atoms with Crippen LogP contribution in [0, 0.1) is 40.4 Å². The number of allylic oxidation sites excluding steroid dienone is 2. The second kappa shape index (κ2) is 7.97. The highest BCUT2D eigenvalue weighted by atomic mass is 16.3. The molecule has 0 aromatic carbocycles. The summed E-state index contributed by atoms with van der Waals surface area (Å²) in [6.07, 6.45) is 12.6. The first kappa shape index (κ1) is 21.9. The predicted molar refractivity (Wildman–Crippen MR) is 121 cm³/mol. The number of aliphatic hydroxyl groups excluding tert-OH is 2. The molecule has 8 atom stereocenters. The van der Waals surface area contributed by atoms with E-state index in [9.17, 15) is 10.2 Å². The van der Waals surface area contributed by atoms with Gasteiger partial charge in [-0.05, 0) is 91.8 Å². The highest BCUT2D eigenvalue weighted by Gasteiger charge is 2.57. The Bertz CT molecular complexity index is 636. The second-order valence-electron chi connectivity index (χ2n) is 12.2. The zero-order chi connectivity index (χ0) is 21.0. The Morgan fingerprint density at radius 3 is 2.41 bits per heavy atom. The van der Waals surface area contributed by atoms with E-state index in [1.807, 2.05) is 0 Å². The highest BCUT2D eigenvalue weighted by Crippen LogP contribution is 2.66. The molecule has 3 unspecified atom stereocenters. The molecule has 2 nitrogen and oxygen atoms in total. The van der Waals surface area contributed by atoms with Gasteiger partial charge in [-0.2, -0.15) is 0 Å². The van der Waals surface area contributed by atoms with E-state index in [0.717, 1.165) is 42.9 Å². The van der Waals surface area contributed by atoms with E-state index in [1.54, 1.807) is 11.1 Å². The Morgan fingerprint density at radius 1 is 0.931 bits per heavy atom. The minimum absolute atomic E-state index is 0.133. The van der Waals surface area contributed by atoms with Crippen LogP contribution in [0.2, 0.25) is 0 Å². The summed E-state index contributed by atoms with van der Waals surface area (Å²) in [5.74, 6) is 3.62. The molecule has 0 spiro atoms. The van der Waals surface area contributed by atoms with Crippen LogP contribution in [0.5, 0.6) is 0 Å². The van der Waals surface area contributed by atoms with Crippen LogP contribution in [-0.2, 0) is 0 Å². The van der Waals surface area contributed by atoms with Crippen LogP contribution in [0.15, 0.2) is 11.1 Å². The van der Waals surface area contributed by atoms with E-state index < -0.39 is 12.2 Å². The van der Waals surface area contributed by atoms with Crippen molar-refractivity contribution in [3.05, 3.63) is 11.1 Å². The number of aliphatic hydroxyl groups is 2. The molecule has 29 heavy (non-hydrogen) atoms. The van der Waals surface area contributed by atoms with E-state index in [1.165, 1.54) is 51.4 Å². The second-order valence-corrected chi connectivity index (χ2v) is 12.2. The first-order valence-corrected chi connectivity index (χ1v) is 12.8. The van der Waals surface area contributed by atoms with Gasteiger partial charge in [0.25, 0.3) is 0 Å². The Kier molecular flexibility index (Phi) is 6.01. The quantitative estimate of drug-likeness (QED) is 0.515. The van der Waals surface area contributed by atoms with Gasteiger partial charge in [0.2, 0.25) is 0 Å². The van der Waals surface area contributed by atoms with E-state index in [-0.39, 0.29) is 11.3 Å². The highest BCUT2D eigenvalue weighted by molar-refractivity contribution is 5.35. The molecule has 0 amide bonds. The molecule has 0 aromatic heterocycles. The summed E-state index contributed by atoms with van der Waals surface area (Å²) in [5.41, 5.74) is 4.15.